The Balaban J connectivity index is 1.51. The van der Waals surface area contributed by atoms with Gasteiger partial charge in [-0.3, -0.25) is 4.79 Å². The van der Waals surface area contributed by atoms with Crippen molar-refractivity contribution < 1.29 is 23.8 Å². The summed E-state index contributed by atoms with van der Waals surface area (Å²) in [6.45, 7) is 10.3. The molecule has 1 atom stereocenters. The Hall–Kier alpha value is -3.97. The number of fused-ring (bicyclic) bond motifs is 1. The van der Waals surface area contributed by atoms with Gasteiger partial charge < -0.3 is 19.5 Å². The Bertz CT molecular complexity index is 1590. The molecule has 1 unspecified atom stereocenters. The van der Waals surface area contributed by atoms with Gasteiger partial charge in [0, 0.05) is 28.4 Å². The Kier molecular flexibility index (Phi) is 8.00. The molecule has 3 aromatic rings. The molecule has 0 aliphatic carbocycles. The number of methoxy groups -OCH3 is 1. The zero-order chi connectivity index (χ0) is 29.3. The highest BCUT2D eigenvalue weighted by Gasteiger charge is 2.29. The monoisotopic (exact) mass is 569 g/mol. The number of rotatable bonds is 7. The summed E-state index contributed by atoms with van der Waals surface area (Å²) in [5, 5.41) is 3.38. The third-order valence-corrected chi connectivity index (χ3v) is 8.56. The van der Waals surface area contributed by atoms with E-state index in [1.54, 1.807) is 37.1 Å². The van der Waals surface area contributed by atoms with Crippen molar-refractivity contribution in [2.45, 2.75) is 58.4 Å². The lowest BCUT2D eigenvalue weighted by Crippen LogP contribution is -2.32. The van der Waals surface area contributed by atoms with E-state index in [9.17, 15) is 9.59 Å². The van der Waals surface area contributed by atoms with Crippen LogP contribution in [0.3, 0.4) is 0 Å². The van der Waals surface area contributed by atoms with E-state index in [0.29, 0.717) is 23.5 Å². The Morgan fingerprint density at radius 2 is 1.78 bits per heavy atom. The quantitative estimate of drug-likeness (QED) is 0.229. The van der Waals surface area contributed by atoms with E-state index in [1.807, 2.05) is 44.2 Å². The SMILES string of the molecule is COc1cc(OC(=O)c2ccccc2C)ccc1-c1ccc2c(c1COC(=O)C1CC=C(C)S1)C(C)=CC(C)(C)N2. The fraction of sp³-hybridized carbons (Fsp3) is 0.294. The lowest BCUT2D eigenvalue weighted by atomic mass is 9.85. The van der Waals surface area contributed by atoms with Crippen LogP contribution in [0.5, 0.6) is 11.5 Å². The second-order valence-electron chi connectivity index (χ2n) is 11.0. The number of anilines is 1. The van der Waals surface area contributed by atoms with Gasteiger partial charge in [0.25, 0.3) is 0 Å². The molecule has 7 heteroatoms. The topological polar surface area (TPSA) is 73.9 Å². The summed E-state index contributed by atoms with van der Waals surface area (Å²) in [7, 11) is 1.59. The molecule has 0 radical (unpaired) electrons. The summed E-state index contributed by atoms with van der Waals surface area (Å²) in [5.74, 6) is 0.279. The first-order chi connectivity index (χ1) is 19.6. The number of thioether (sulfide) groups is 1. The predicted octanol–water partition coefficient (Wildman–Crippen LogP) is 7.95. The third kappa shape index (κ3) is 6.05. The first-order valence-electron chi connectivity index (χ1n) is 13.7. The van der Waals surface area contributed by atoms with Gasteiger partial charge in [0.15, 0.2) is 0 Å². The third-order valence-electron chi connectivity index (χ3n) is 7.35. The van der Waals surface area contributed by atoms with Gasteiger partial charge in [0.2, 0.25) is 0 Å². The Morgan fingerprint density at radius 3 is 2.49 bits per heavy atom. The zero-order valence-corrected chi connectivity index (χ0v) is 25.1. The van der Waals surface area contributed by atoms with Gasteiger partial charge in [-0.2, -0.15) is 0 Å². The average Bonchev–Trinajstić information content (AvgIpc) is 3.37. The molecule has 0 saturated carbocycles. The van der Waals surface area contributed by atoms with E-state index in [-0.39, 0.29) is 23.4 Å². The van der Waals surface area contributed by atoms with Crippen molar-refractivity contribution in [1.82, 2.24) is 0 Å². The molecule has 212 valence electrons. The number of ether oxygens (including phenoxy) is 3. The molecule has 2 aliphatic rings. The molecule has 41 heavy (non-hydrogen) atoms. The minimum atomic E-state index is -0.428. The number of hydrogen-bond acceptors (Lipinski definition) is 7. The van der Waals surface area contributed by atoms with Crippen LogP contribution < -0.4 is 14.8 Å². The van der Waals surface area contributed by atoms with E-state index in [2.05, 4.69) is 44.3 Å². The highest BCUT2D eigenvalue weighted by molar-refractivity contribution is 8.04. The van der Waals surface area contributed by atoms with Gasteiger partial charge in [0.1, 0.15) is 23.4 Å². The van der Waals surface area contributed by atoms with Gasteiger partial charge in [-0.15, -0.1) is 11.8 Å². The summed E-state index contributed by atoms with van der Waals surface area (Å²) < 4.78 is 17.4. The van der Waals surface area contributed by atoms with Gasteiger partial charge in [-0.25, -0.2) is 4.79 Å². The fourth-order valence-corrected chi connectivity index (χ4v) is 6.49. The van der Waals surface area contributed by atoms with E-state index < -0.39 is 5.97 Å². The standard InChI is InChI=1S/C34H35NO5S/c1-20-9-7-8-10-24(20)32(36)40-23-12-13-26(29(17-23)38-6)25-14-15-28-31(21(2)18-34(4,5)35-28)27(25)19-39-33(37)30-16-11-22(3)41-30/h7-15,17-18,30,35H,16,19H2,1-6H3. The summed E-state index contributed by atoms with van der Waals surface area (Å²) in [4.78, 5) is 27.0. The van der Waals surface area contributed by atoms with Gasteiger partial charge in [0.05, 0.1) is 18.2 Å². The smallest absolute Gasteiger partial charge is 0.343 e. The van der Waals surface area contributed by atoms with Crippen molar-refractivity contribution in [3.05, 3.63) is 93.9 Å². The van der Waals surface area contributed by atoms with Crippen LogP contribution in [-0.2, 0) is 16.1 Å². The molecule has 0 amide bonds. The van der Waals surface area contributed by atoms with E-state index >= 15 is 0 Å². The van der Waals surface area contributed by atoms with Crippen LogP contribution >= 0.6 is 11.8 Å². The molecule has 2 heterocycles. The maximum Gasteiger partial charge on any atom is 0.343 e. The largest absolute Gasteiger partial charge is 0.496 e. The minimum absolute atomic E-state index is 0.119. The molecule has 3 aromatic carbocycles. The highest BCUT2D eigenvalue weighted by Crippen LogP contribution is 2.44. The van der Waals surface area contributed by atoms with Crippen LogP contribution in [0.2, 0.25) is 0 Å². The van der Waals surface area contributed by atoms with Gasteiger partial charge >= 0.3 is 11.9 Å². The molecule has 0 bridgehead atoms. The lowest BCUT2D eigenvalue weighted by Gasteiger charge is -2.33. The Labute approximate surface area is 245 Å². The first-order valence-corrected chi connectivity index (χ1v) is 14.5. The molecule has 1 N–H and O–H groups in total. The maximum atomic E-state index is 13.0. The molecule has 2 aliphatic heterocycles. The molecule has 0 saturated heterocycles. The van der Waals surface area contributed by atoms with Gasteiger partial charge in [-0.1, -0.05) is 36.4 Å². The average molecular weight is 570 g/mol. The number of hydrogen-bond donors (Lipinski definition) is 1. The summed E-state index contributed by atoms with van der Waals surface area (Å²) in [6.07, 6.45) is 4.94. The predicted molar refractivity (Wildman–Crippen MR) is 165 cm³/mol. The number of allylic oxidation sites excluding steroid dienone is 3. The number of carbonyl (C=O) groups is 2. The van der Waals surface area contributed by atoms with Crippen LogP contribution in [0, 0.1) is 6.92 Å². The van der Waals surface area contributed by atoms with Crippen molar-refractivity contribution >= 4 is 35.0 Å². The molecule has 0 aromatic heterocycles. The summed E-state index contributed by atoms with van der Waals surface area (Å²) in [5.41, 5.74) is 6.83. The fourth-order valence-electron chi connectivity index (χ4n) is 5.50. The van der Waals surface area contributed by atoms with E-state index in [1.165, 1.54) is 0 Å². The van der Waals surface area contributed by atoms with Crippen molar-refractivity contribution in [3.63, 3.8) is 0 Å². The molecular weight excluding hydrogens is 534 g/mol. The van der Waals surface area contributed by atoms with Crippen LogP contribution in [0.25, 0.3) is 16.7 Å². The van der Waals surface area contributed by atoms with Crippen molar-refractivity contribution in [2.75, 3.05) is 12.4 Å². The number of carbonyl (C=O) groups excluding carboxylic acids is 2. The maximum absolute atomic E-state index is 13.0. The molecular formula is C34H35NO5S. The summed E-state index contributed by atoms with van der Waals surface area (Å²) >= 11 is 1.55. The lowest BCUT2D eigenvalue weighted by molar-refractivity contribution is -0.144. The van der Waals surface area contributed by atoms with Crippen molar-refractivity contribution in [2.24, 2.45) is 0 Å². The molecule has 0 fully saturated rings. The molecule has 0 spiro atoms. The van der Waals surface area contributed by atoms with Gasteiger partial charge in [-0.05, 0) is 86.9 Å². The second kappa shape index (κ2) is 11.5. The zero-order valence-electron chi connectivity index (χ0n) is 24.3. The molecule has 5 rings (SSSR count). The van der Waals surface area contributed by atoms with E-state index in [4.69, 9.17) is 14.2 Å². The van der Waals surface area contributed by atoms with Crippen LogP contribution in [-0.4, -0.2) is 29.8 Å². The number of benzene rings is 3. The van der Waals surface area contributed by atoms with Crippen LogP contribution in [0.15, 0.2) is 71.7 Å². The van der Waals surface area contributed by atoms with Crippen LogP contribution in [0.4, 0.5) is 5.69 Å². The van der Waals surface area contributed by atoms with Crippen molar-refractivity contribution in [1.29, 1.82) is 0 Å². The number of nitrogens with one attached hydrogen (secondary N) is 1. The normalized spacial score (nSPS) is 17.1. The first kappa shape index (κ1) is 28.6. The Morgan fingerprint density at radius 1 is 1.02 bits per heavy atom. The molecule has 6 nitrogen and oxygen atoms in total. The highest BCUT2D eigenvalue weighted by atomic mass is 32.2. The second-order valence-corrected chi connectivity index (χ2v) is 12.5. The van der Waals surface area contributed by atoms with Crippen molar-refractivity contribution in [3.8, 4) is 22.6 Å². The van der Waals surface area contributed by atoms with Crippen LogP contribution in [0.1, 0.15) is 61.2 Å². The van der Waals surface area contributed by atoms with E-state index in [0.717, 1.165) is 44.0 Å². The number of aryl methyl sites for hydroxylation is 1. The minimum Gasteiger partial charge on any atom is -0.496 e. The number of esters is 2. The summed E-state index contributed by atoms with van der Waals surface area (Å²) in [6, 6.07) is 16.8.